The monoisotopic (exact) mass is 331 g/mol. The molecule has 0 atom stereocenters. The maximum absolute atomic E-state index is 12.3. The van der Waals surface area contributed by atoms with E-state index in [0.29, 0.717) is 30.6 Å². The van der Waals surface area contributed by atoms with Crippen LogP contribution < -0.4 is 5.56 Å². The van der Waals surface area contributed by atoms with Crippen LogP contribution in [0.3, 0.4) is 0 Å². The molecule has 0 aliphatic carbocycles. The number of rotatable bonds is 4. The Kier molecular flexibility index (Phi) is 4.44. The second kappa shape index (κ2) is 6.52. The summed E-state index contributed by atoms with van der Waals surface area (Å²) in [6.45, 7) is 3.41. The number of phenolic OH excluding ortho intramolecular Hbond substituents is 3. The number of aromatic hydroxyl groups is 3. The van der Waals surface area contributed by atoms with Crippen molar-refractivity contribution in [1.82, 2.24) is 14.9 Å². The van der Waals surface area contributed by atoms with Crippen molar-refractivity contribution >= 4 is 0 Å². The quantitative estimate of drug-likeness (QED) is 0.674. The molecule has 7 heteroatoms. The number of H-pyrrole nitrogens is 1. The van der Waals surface area contributed by atoms with Gasteiger partial charge < -0.3 is 20.3 Å². The van der Waals surface area contributed by atoms with Gasteiger partial charge in [-0.2, -0.15) is 0 Å². The lowest BCUT2D eigenvalue weighted by Gasteiger charge is -2.28. The van der Waals surface area contributed by atoms with Crippen molar-refractivity contribution in [2.24, 2.45) is 0 Å². The third kappa shape index (κ3) is 3.21. The van der Waals surface area contributed by atoms with Crippen LogP contribution in [0, 0.1) is 0 Å². The second-order valence-corrected chi connectivity index (χ2v) is 6.11. The number of nitrogens with zero attached hydrogens (tertiary/aromatic N) is 2. The molecule has 0 bridgehead atoms. The summed E-state index contributed by atoms with van der Waals surface area (Å²) in [4.78, 5) is 21.6. The molecule has 7 nitrogen and oxygen atoms in total. The lowest BCUT2D eigenvalue weighted by molar-refractivity contribution is 0.234. The SMILES string of the molecule is CCCc1nc2c(c(=O)[nH]1)CN(Cc1c(O)cc(O)cc1O)CC2. The number of phenols is 3. The Labute approximate surface area is 139 Å². The van der Waals surface area contributed by atoms with E-state index in [-0.39, 0.29) is 29.4 Å². The molecule has 2 aromatic rings. The van der Waals surface area contributed by atoms with Crippen LogP contribution in [-0.2, 0) is 25.9 Å². The number of fused-ring (bicyclic) bond motifs is 1. The summed E-state index contributed by atoms with van der Waals surface area (Å²) >= 11 is 0. The Morgan fingerprint density at radius 2 is 1.96 bits per heavy atom. The first-order valence-electron chi connectivity index (χ1n) is 8.05. The molecular formula is C17H21N3O4. The van der Waals surface area contributed by atoms with Crippen LogP contribution in [-0.4, -0.2) is 36.7 Å². The average Bonchev–Trinajstić information content (AvgIpc) is 2.51. The molecular weight excluding hydrogens is 310 g/mol. The topological polar surface area (TPSA) is 110 Å². The van der Waals surface area contributed by atoms with Crippen molar-refractivity contribution in [1.29, 1.82) is 0 Å². The summed E-state index contributed by atoms with van der Waals surface area (Å²) < 4.78 is 0. The van der Waals surface area contributed by atoms with Crippen LogP contribution in [0.15, 0.2) is 16.9 Å². The molecule has 3 rings (SSSR count). The largest absolute Gasteiger partial charge is 0.508 e. The predicted octanol–water partition coefficient (Wildman–Crippen LogP) is 1.40. The van der Waals surface area contributed by atoms with Gasteiger partial charge >= 0.3 is 0 Å². The third-order valence-electron chi connectivity index (χ3n) is 4.25. The number of hydrogen-bond acceptors (Lipinski definition) is 6. The zero-order valence-corrected chi connectivity index (χ0v) is 13.5. The van der Waals surface area contributed by atoms with Gasteiger partial charge in [-0.15, -0.1) is 0 Å². The first kappa shape index (κ1) is 16.3. The summed E-state index contributed by atoms with van der Waals surface area (Å²) in [5.74, 6) is 0.206. The molecule has 4 N–H and O–H groups in total. The highest BCUT2D eigenvalue weighted by molar-refractivity contribution is 5.48. The average molecular weight is 331 g/mol. The molecule has 0 spiro atoms. The van der Waals surface area contributed by atoms with Crippen molar-refractivity contribution in [2.75, 3.05) is 6.54 Å². The number of aromatic amines is 1. The van der Waals surface area contributed by atoms with Gasteiger partial charge in [0.05, 0.1) is 11.3 Å². The van der Waals surface area contributed by atoms with Gasteiger partial charge in [0.2, 0.25) is 0 Å². The fourth-order valence-corrected chi connectivity index (χ4v) is 3.04. The molecule has 1 aliphatic heterocycles. The van der Waals surface area contributed by atoms with E-state index < -0.39 is 0 Å². The van der Waals surface area contributed by atoms with Gasteiger partial charge in [0.1, 0.15) is 23.1 Å². The van der Waals surface area contributed by atoms with E-state index in [2.05, 4.69) is 9.97 Å². The first-order valence-corrected chi connectivity index (χ1v) is 8.05. The number of hydrogen-bond donors (Lipinski definition) is 4. The lowest BCUT2D eigenvalue weighted by Crippen LogP contribution is -2.35. The molecule has 128 valence electrons. The van der Waals surface area contributed by atoms with E-state index in [4.69, 9.17) is 0 Å². The van der Waals surface area contributed by atoms with Gasteiger partial charge in [-0.05, 0) is 6.42 Å². The smallest absolute Gasteiger partial charge is 0.255 e. The van der Waals surface area contributed by atoms with Gasteiger partial charge in [0, 0.05) is 50.2 Å². The van der Waals surface area contributed by atoms with Crippen molar-refractivity contribution in [2.45, 2.75) is 39.3 Å². The third-order valence-corrected chi connectivity index (χ3v) is 4.25. The van der Waals surface area contributed by atoms with Crippen LogP contribution in [0.25, 0.3) is 0 Å². The van der Waals surface area contributed by atoms with Crippen molar-refractivity contribution in [3.05, 3.63) is 45.1 Å². The van der Waals surface area contributed by atoms with Gasteiger partial charge in [-0.1, -0.05) is 6.92 Å². The van der Waals surface area contributed by atoms with Crippen molar-refractivity contribution in [3.63, 3.8) is 0 Å². The van der Waals surface area contributed by atoms with Gasteiger partial charge in [0.25, 0.3) is 5.56 Å². The molecule has 0 saturated heterocycles. The first-order chi connectivity index (χ1) is 11.5. The van der Waals surface area contributed by atoms with E-state index in [1.165, 1.54) is 12.1 Å². The Morgan fingerprint density at radius 1 is 1.25 bits per heavy atom. The Hall–Kier alpha value is -2.54. The van der Waals surface area contributed by atoms with Gasteiger partial charge in [-0.25, -0.2) is 4.98 Å². The fraction of sp³-hybridized carbons (Fsp3) is 0.412. The summed E-state index contributed by atoms with van der Waals surface area (Å²) in [5, 5.41) is 29.2. The van der Waals surface area contributed by atoms with E-state index >= 15 is 0 Å². The zero-order chi connectivity index (χ0) is 17.3. The van der Waals surface area contributed by atoms with Crippen LogP contribution in [0.5, 0.6) is 17.2 Å². The minimum Gasteiger partial charge on any atom is -0.508 e. The molecule has 0 saturated carbocycles. The summed E-state index contributed by atoms with van der Waals surface area (Å²) in [6, 6.07) is 2.39. The molecule has 0 fully saturated rings. The Morgan fingerprint density at radius 3 is 2.62 bits per heavy atom. The summed E-state index contributed by atoms with van der Waals surface area (Å²) in [5.41, 5.74) is 1.69. The van der Waals surface area contributed by atoms with E-state index in [9.17, 15) is 20.1 Å². The molecule has 0 amide bonds. The molecule has 1 aliphatic rings. The molecule has 24 heavy (non-hydrogen) atoms. The highest BCUT2D eigenvalue weighted by Gasteiger charge is 2.23. The maximum Gasteiger partial charge on any atom is 0.255 e. The highest BCUT2D eigenvalue weighted by atomic mass is 16.3. The lowest BCUT2D eigenvalue weighted by atomic mass is 10.0. The van der Waals surface area contributed by atoms with E-state index in [1.807, 2.05) is 11.8 Å². The predicted molar refractivity (Wildman–Crippen MR) is 88.1 cm³/mol. The molecule has 2 heterocycles. The zero-order valence-electron chi connectivity index (χ0n) is 13.5. The normalized spacial score (nSPS) is 14.5. The summed E-state index contributed by atoms with van der Waals surface area (Å²) in [7, 11) is 0. The molecule has 0 radical (unpaired) electrons. The minimum atomic E-state index is -0.193. The molecule has 1 aromatic carbocycles. The van der Waals surface area contributed by atoms with Crippen LogP contribution >= 0.6 is 0 Å². The Balaban J connectivity index is 1.82. The fourth-order valence-electron chi connectivity index (χ4n) is 3.04. The van der Waals surface area contributed by atoms with E-state index in [1.54, 1.807) is 0 Å². The number of aryl methyl sites for hydroxylation is 1. The number of aromatic nitrogens is 2. The molecule has 0 unspecified atom stereocenters. The second-order valence-electron chi connectivity index (χ2n) is 6.11. The van der Waals surface area contributed by atoms with Crippen molar-refractivity contribution in [3.8, 4) is 17.2 Å². The standard InChI is InChI=1S/C17H21N3O4/c1-2-3-16-18-13-4-5-20(8-11(13)17(24)19-16)9-12-14(22)6-10(21)7-15(12)23/h6-7,21-23H,2-5,8-9H2,1H3,(H,18,19,24). The van der Waals surface area contributed by atoms with E-state index in [0.717, 1.165) is 24.4 Å². The molecule has 1 aromatic heterocycles. The summed E-state index contributed by atoms with van der Waals surface area (Å²) in [6.07, 6.45) is 2.32. The minimum absolute atomic E-state index is 0.118. The maximum atomic E-state index is 12.3. The highest BCUT2D eigenvalue weighted by Crippen LogP contribution is 2.33. The van der Waals surface area contributed by atoms with Gasteiger partial charge in [0.15, 0.2) is 0 Å². The number of benzene rings is 1. The van der Waals surface area contributed by atoms with Crippen LogP contribution in [0.2, 0.25) is 0 Å². The van der Waals surface area contributed by atoms with Crippen LogP contribution in [0.1, 0.15) is 36.0 Å². The van der Waals surface area contributed by atoms with Crippen LogP contribution in [0.4, 0.5) is 0 Å². The number of nitrogens with one attached hydrogen (secondary N) is 1. The van der Waals surface area contributed by atoms with Crippen molar-refractivity contribution < 1.29 is 15.3 Å². The Bertz CT molecular complexity index is 793. The van der Waals surface area contributed by atoms with Gasteiger partial charge in [-0.3, -0.25) is 9.69 Å².